The average Bonchev–Trinajstić information content (AvgIpc) is 2.52. The van der Waals surface area contributed by atoms with Crippen LogP contribution in [0.25, 0.3) is 0 Å². The quantitative estimate of drug-likeness (QED) is 0.879. The zero-order valence-corrected chi connectivity index (χ0v) is 11.8. The van der Waals surface area contributed by atoms with Gasteiger partial charge in [0.1, 0.15) is 12.4 Å². The minimum absolute atomic E-state index is 0.446. The van der Waals surface area contributed by atoms with Gasteiger partial charge in [-0.15, -0.1) is 0 Å². The average molecular weight is 273 g/mol. The van der Waals surface area contributed by atoms with Crippen LogP contribution in [0.3, 0.4) is 0 Å². The fourth-order valence-corrected chi connectivity index (χ4v) is 1.88. The van der Waals surface area contributed by atoms with Crippen molar-refractivity contribution in [1.82, 2.24) is 0 Å². The molecule has 4 heteroatoms. The van der Waals surface area contributed by atoms with Crippen LogP contribution in [0.15, 0.2) is 42.5 Å². The summed E-state index contributed by atoms with van der Waals surface area (Å²) in [4.78, 5) is 0. The third kappa shape index (κ3) is 3.42. The Kier molecular flexibility index (Phi) is 4.85. The number of hydrogen-bond donors (Lipinski definition) is 1. The van der Waals surface area contributed by atoms with E-state index < -0.39 is 0 Å². The van der Waals surface area contributed by atoms with Gasteiger partial charge in [-0.05, 0) is 35.4 Å². The SMILES string of the molecule is COc1cccc(COc2cc(CN)ccc2OC)c1. The zero-order chi connectivity index (χ0) is 14.4. The van der Waals surface area contributed by atoms with Crippen molar-refractivity contribution in [1.29, 1.82) is 0 Å². The third-order valence-electron chi connectivity index (χ3n) is 2.99. The molecule has 20 heavy (non-hydrogen) atoms. The Bertz CT molecular complexity index is 569. The van der Waals surface area contributed by atoms with Crippen molar-refractivity contribution in [3.8, 4) is 17.2 Å². The minimum atomic E-state index is 0.446. The molecule has 0 unspecified atom stereocenters. The number of benzene rings is 2. The first-order valence-electron chi connectivity index (χ1n) is 6.39. The van der Waals surface area contributed by atoms with Crippen LogP contribution in [0.5, 0.6) is 17.2 Å². The molecular formula is C16H19NO3. The molecule has 0 heterocycles. The Morgan fingerprint density at radius 2 is 1.75 bits per heavy atom. The molecule has 4 nitrogen and oxygen atoms in total. The Hall–Kier alpha value is -2.20. The topological polar surface area (TPSA) is 53.7 Å². The lowest BCUT2D eigenvalue weighted by atomic mass is 10.2. The second kappa shape index (κ2) is 6.82. The van der Waals surface area contributed by atoms with Gasteiger partial charge in [0.15, 0.2) is 11.5 Å². The molecule has 0 atom stereocenters. The highest BCUT2D eigenvalue weighted by Gasteiger charge is 2.06. The molecule has 0 bridgehead atoms. The van der Waals surface area contributed by atoms with E-state index in [1.807, 2.05) is 42.5 Å². The molecule has 2 aromatic rings. The second-order valence-electron chi connectivity index (χ2n) is 4.33. The first-order chi connectivity index (χ1) is 9.76. The lowest BCUT2D eigenvalue weighted by Crippen LogP contribution is -2.01. The summed E-state index contributed by atoms with van der Waals surface area (Å²) in [5, 5.41) is 0. The fourth-order valence-electron chi connectivity index (χ4n) is 1.88. The van der Waals surface area contributed by atoms with E-state index in [1.165, 1.54) is 0 Å². The molecule has 0 saturated heterocycles. The number of ether oxygens (including phenoxy) is 3. The molecular weight excluding hydrogens is 254 g/mol. The standard InChI is InChI=1S/C16H19NO3/c1-18-14-5-3-4-13(8-14)11-20-16-9-12(10-17)6-7-15(16)19-2/h3-9H,10-11,17H2,1-2H3. The highest BCUT2D eigenvalue weighted by Crippen LogP contribution is 2.29. The van der Waals surface area contributed by atoms with Gasteiger partial charge in [0.2, 0.25) is 0 Å². The Morgan fingerprint density at radius 3 is 2.45 bits per heavy atom. The van der Waals surface area contributed by atoms with E-state index >= 15 is 0 Å². The number of methoxy groups -OCH3 is 2. The van der Waals surface area contributed by atoms with Crippen LogP contribution in [0.1, 0.15) is 11.1 Å². The highest BCUT2D eigenvalue weighted by atomic mass is 16.5. The van der Waals surface area contributed by atoms with E-state index in [-0.39, 0.29) is 0 Å². The molecule has 0 fully saturated rings. The predicted octanol–water partition coefficient (Wildman–Crippen LogP) is 2.74. The zero-order valence-electron chi connectivity index (χ0n) is 11.8. The summed E-state index contributed by atoms with van der Waals surface area (Å²) in [5.74, 6) is 2.21. The van der Waals surface area contributed by atoms with E-state index in [2.05, 4.69) is 0 Å². The van der Waals surface area contributed by atoms with Crippen molar-refractivity contribution in [2.45, 2.75) is 13.2 Å². The maximum atomic E-state index is 5.82. The highest BCUT2D eigenvalue weighted by molar-refractivity contribution is 5.43. The molecule has 0 spiro atoms. The summed E-state index contributed by atoms with van der Waals surface area (Å²) in [6.07, 6.45) is 0. The number of hydrogen-bond acceptors (Lipinski definition) is 4. The molecule has 0 saturated carbocycles. The lowest BCUT2D eigenvalue weighted by Gasteiger charge is -2.12. The van der Waals surface area contributed by atoms with Crippen molar-refractivity contribution in [3.05, 3.63) is 53.6 Å². The van der Waals surface area contributed by atoms with Crippen LogP contribution in [0, 0.1) is 0 Å². The number of nitrogens with two attached hydrogens (primary N) is 1. The van der Waals surface area contributed by atoms with Crippen LogP contribution < -0.4 is 19.9 Å². The maximum absolute atomic E-state index is 5.82. The molecule has 0 radical (unpaired) electrons. The molecule has 0 aliphatic rings. The van der Waals surface area contributed by atoms with Crippen molar-refractivity contribution >= 4 is 0 Å². The number of rotatable bonds is 6. The van der Waals surface area contributed by atoms with Crippen LogP contribution in [-0.2, 0) is 13.2 Å². The van der Waals surface area contributed by atoms with Gasteiger partial charge in [-0.3, -0.25) is 0 Å². The van der Waals surface area contributed by atoms with Gasteiger partial charge < -0.3 is 19.9 Å². The monoisotopic (exact) mass is 273 g/mol. The fraction of sp³-hybridized carbons (Fsp3) is 0.250. The first-order valence-corrected chi connectivity index (χ1v) is 6.39. The Labute approximate surface area is 119 Å². The summed E-state index contributed by atoms with van der Waals surface area (Å²) in [7, 11) is 3.27. The van der Waals surface area contributed by atoms with Gasteiger partial charge in [0, 0.05) is 6.54 Å². The molecule has 0 aliphatic heterocycles. The lowest BCUT2D eigenvalue weighted by molar-refractivity contribution is 0.283. The smallest absolute Gasteiger partial charge is 0.161 e. The Balaban J connectivity index is 2.12. The van der Waals surface area contributed by atoms with Gasteiger partial charge in [0.25, 0.3) is 0 Å². The van der Waals surface area contributed by atoms with Crippen molar-refractivity contribution in [2.75, 3.05) is 14.2 Å². The maximum Gasteiger partial charge on any atom is 0.161 e. The van der Waals surface area contributed by atoms with Gasteiger partial charge in [-0.2, -0.15) is 0 Å². The van der Waals surface area contributed by atoms with E-state index in [9.17, 15) is 0 Å². The van der Waals surface area contributed by atoms with Crippen LogP contribution in [-0.4, -0.2) is 14.2 Å². The summed E-state index contributed by atoms with van der Waals surface area (Å²) in [6.45, 7) is 0.918. The first kappa shape index (κ1) is 14.2. The molecule has 2 N–H and O–H groups in total. The van der Waals surface area contributed by atoms with Gasteiger partial charge in [-0.1, -0.05) is 18.2 Å². The summed E-state index contributed by atoms with van der Waals surface area (Å²) < 4.78 is 16.3. The van der Waals surface area contributed by atoms with Gasteiger partial charge in [0.05, 0.1) is 14.2 Å². The summed E-state index contributed by atoms with van der Waals surface area (Å²) >= 11 is 0. The van der Waals surface area contributed by atoms with E-state index in [4.69, 9.17) is 19.9 Å². The third-order valence-corrected chi connectivity index (χ3v) is 2.99. The molecule has 106 valence electrons. The van der Waals surface area contributed by atoms with Crippen LogP contribution in [0.2, 0.25) is 0 Å². The van der Waals surface area contributed by atoms with E-state index in [0.29, 0.717) is 24.7 Å². The minimum Gasteiger partial charge on any atom is -0.497 e. The predicted molar refractivity (Wildman–Crippen MR) is 78.2 cm³/mol. The van der Waals surface area contributed by atoms with Crippen molar-refractivity contribution in [3.63, 3.8) is 0 Å². The molecule has 0 aliphatic carbocycles. The Morgan fingerprint density at radius 1 is 0.900 bits per heavy atom. The van der Waals surface area contributed by atoms with E-state index in [1.54, 1.807) is 14.2 Å². The van der Waals surface area contributed by atoms with Gasteiger partial charge in [-0.25, -0.2) is 0 Å². The molecule has 2 aromatic carbocycles. The largest absolute Gasteiger partial charge is 0.497 e. The second-order valence-corrected chi connectivity index (χ2v) is 4.33. The molecule has 2 rings (SSSR count). The summed E-state index contributed by atoms with van der Waals surface area (Å²) in [6, 6.07) is 13.5. The molecule has 0 aromatic heterocycles. The van der Waals surface area contributed by atoms with Crippen molar-refractivity contribution in [2.24, 2.45) is 5.73 Å². The van der Waals surface area contributed by atoms with Gasteiger partial charge >= 0.3 is 0 Å². The van der Waals surface area contributed by atoms with Crippen molar-refractivity contribution < 1.29 is 14.2 Å². The van der Waals surface area contributed by atoms with Crippen LogP contribution in [0.4, 0.5) is 0 Å². The van der Waals surface area contributed by atoms with Crippen LogP contribution >= 0.6 is 0 Å². The molecule has 0 amide bonds. The van der Waals surface area contributed by atoms with E-state index in [0.717, 1.165) is 16.9 Å². The summed E-state index contributed by atoms with van der Waals surface area (Å²) in [5.41, 5.74) is 7.68. The normalized spacial score (nSPS) is 10.2.